The number of sulfonamides is 1. The van der Waals surface area contributed by atoms with Gasteiger partial charge in [0.05, 0.1) is 24.7 Å². The Labute approximate surface area is 153 Å². The van der Waals surface area contributed by atoms with Crippen LogP contribution in [0.15, 0.2) is 24.3 Å². The SMILES string of the molecule is O=C(CCS(=O)(=O)N1CCOCC1)N1CCN(c2ccccc2F)CC1. The highest BCUT2D eigenvalue weighted by molar-refractivity contribution is 7.89. The minimum absolute atomic E-state index is 0.0284. The largest absolute Gasteiger partial charge is 0.379 e. The fourth-order valence-electron chi connectivity index (χ4n) is 3.23. The maximum Gasteiger partial charge on any atom is 0.223 e. The van der Waals surface area contributed by atoms with E-state index in [4.69, 9.17) is 4.74 Å². The molecule has 3 rings (SSSR count). The molecule has 0 N–H and O–H groups in total. The van der Waals surface area contributed by atoms with E-state index in [1.165, 1.54) is 10.4 Å². The molecule has 0 spiro atoms. The van der Waals surface area contributed by atoms with E-state index in [0.717, 1.165) is 0 Å². The Morgan fingerprint density at radius 2 is 1.69 bits per heavy atom. The Hall–Kier alpha value is -1.71. The normalized spacial score (nSPS) is 19.6. The lowest BCUT2D eigenvalue weighted by Crippen LogP contribution is -2.49. The number of morpholine rings is 1. The number of carbonyl (C=O) groups is 1. The summed E-state index contributed by atoms with van der Waals surface area (Å²) in [6.45, 7) is 3.47. The maximum absolute atomic E-state index is 13.9. The van der Waals surface area contributed by atoms with Crippen LogP contribution in [0.25, 0.3) is 0 Å². The van der Waals surface area contributed by atoms with Crippen LogP contribution < -0.4 is 4.90 Å². The zero-order chi connectivity index (χ0) is 18.6. The molecular weight excluding hydrogens is 361 g/mol. The lowest BCUT2D eigenvalue weighted by atomic mass is 10.2. The Morgan fingerprint density at radius 1 is 1.04 bits per heavy atom. The van der Waals surface area contributed by atoms with Crippen LogP contribution in [0.5, 0.6) is 0 Å². The molecule has 0 aromatic heterocycles. The van der Waals surface area contributed by atoms with Crippen molar-refractivity contribution in [1.29, 1.82) is 0 Å². The summed E-state index contributed by atoms with van der Waals surface area (Å²) in [6.07, 6.45) is -0.0284. The molecule has 2 heterocycles. The summed E-state index contributed by atoms with van der Waals surface area (Å²) in [5.41, 5.74) is 0.537. The number of piperazine rings is 1. The molecule has 0 saturated carbocycles. The summed E-state index contributed by atoms with van der Waals surface area (Å²) in [7, 11) is -3.43. The molecular formula is C17H24FN3O4S. The molecule has 2 aliphatic rings. The highest BCUT2D eigenvalue weighted by Crippen LogP contribution is 2.20. The fraction of sp³-hybridized carbons (Fsp3) is 0.588. The third-order valence-corrected chi connectivity index (χ3v) is 6.63. The molecule has 0 unspecified atom stereocenters. The van der Waals surface area contributed by atoms with E-state index in [1.54, 1.807) is 23.1 Å². The van der Waals surface area contributed by atoms with Crippen molar-refractivity contribution in [3.05, 3.63) is 30.1 Å². The van der Waals surface area contributed by atoms with Gasteiger partial charge in [0.25, 0.3) is 0 Å². The van der Waals surface area contributed by atoms with Crippen LogP contribution in [0.3, 0.4) is 0 Å². The Morgan fingerprint density at radius 3 is 2.35 bits per heavy atom. The van der Waals surface area contributed by atoms with Crippen LogP contribution in [0.2, 0.25) is 0 Å². The van der Waals surface area contributed by atoms with Crippen LogP contribution in [-0.4, -0.2) is 81.8 Å². The number of benzene rings is 1. The smallest absolute Gasteiger partial charge is 0.223 e. The lowest BCUT2D eigenvalue weighted by molar-refractivity contribution is -0.131. The number of ether oxygens (including phenoxy) is 1. The van der Waals surface area contributed by atoms with Crippen molar-refractivity contribution in [2.45, 2.75) is 6.42 Å². The highest BCUT2D eigenvalue weighted by atomic mass is 32.2. The van der Waals surface area contributed by atoms with E-state index in [1.807, 2.05) is 4.90 Å². The molecule has 2 saturated heterocycles. The standard InChI is InChI=1S/C17H24FN3O4S/c18-15-3-1-2-4-16(15)19-6-8-20(9-7-19)17(22)5-14-26(23,24)21-10-12-25-13-11-21/h1-4H,5-14H2. The van der Waals surface area contributed by atoms with Crippen molar-refractivity contribution >= 4 is 21.6 Å². The first kappa shape index (κ1) is 19.1. The number of hydrogen-bond acceptors (Lipinski definition) is 5. The number of carbonyl (C=O) groups excluding carboxylic acids is 1. The quantitative estimate of drug-likeness (QED) is 0.739. The van der Waals surface area contributed by atoms with Crippen molar-refractivity contribution < 1.29 is 22.3 Å². The molecule has 9 heteroatoms. The summed E-state index contributed by atoms with van der Waals surface area (Å²) < 4.78 is 45.0. The van der Waals surface area contributed by atoms with Crippen LogP contribution >= 0.6 is 0 Å². The topological polar surface area (TPSA) is 70.2 Å². The van der Waals surface area contributed by atoms with Crippen molar-refractivity contribution in [3.63, 3.8) is 0 Å². The first-order chi connectivity index (χ1) is 12.5. The van der Waals surface area contributed by atoms with E-state index in [2.05, 4.69) is 0 Å². The van der Waals surface area contributed by atoms with Gasteiger partial charge in [0, 0.05) is 45.7 Å². The number of para-hydroxylation sites is 1. The number of nitrogens with zero attached hydrogens (tertiary/aromatic N) is 3. The van der Waals surface area contributed by atoms with Gasteiger partial charge in [-0.05, 0) is 12.1 Å². The highest BCUT2D eigenvalue weighted by Gasteiger charge is 2.27. The van der Waals surface area contributed by atoms with E-state index in [-0.39, 0.29) is 23.9 Å². The van der Waals surface area contributed by atoms with Gasteiger partial charge in [0.1, 0.15) is 5.82 Å². The Bertz CT molecular complexity index is 729. The first-order valence-corrected chi connectivity index (χ1v) is 10.4. The summed E-state index contributed by atoms with van der Waals surface area (Å²) in [5, 5.41) is 0. The Balaban J connectivity index is 1.48. The summed E-state index contributed by atoms with van der Waals surface area (Å²) >= 11 is 0. The summed E-state index contributed by atoms with van der Waals surface area (Å²) in [4.78, 5) is 15.9. The average molecular weight is 385 g/mol. The fourth-order valence-corrected chi connectivity index (χ4v) is 4.63. The van der Waals surface area contributed by atoms with Gasteiger partial charge in [-0.3, -0.25) is 4.79 Å². The summed E-state index contributed by atoms with van der Waals surface area (Å²) in [6, 6.07) is 6.57. The number of amides is 1. The van der Waals surface area contributed by atoms with Gasteiger partial charge in [-0.25, -0.2) is 12.8 Å². The molecule has 1 aromatic rings. The third-order valence-electron chi connectivity index (χ3n) is 4.76. The lowest BCUT2D eigenvalue weighted by Gasteiger charge is -2.36. The monoisotopic (exact) mass is 385 g/mol. The first-order valence-electron chi connectivity index (χ1n) is 8.80. The number of hydrogen-bond donors (Lipinski definition) is 0. The zero-order valence-corrected chi connectivity index (χ0v) is 15.5. The van der Waals surface area contributed by atoms with Crippen molar-refractivity contribution in [2.24, 2.45) is 0 Å². The minimum Gasteiger partial charge on any atom is -0.379 e. The van der Waals surface area contributed by atoms with Crippen LogP contribution in [0, 0.1) is 5.82 Å². The van der Waals surface area contributed by atoms with Crippen molar-refractivity contribution in [3.8, 4) is 0 Å². The molecule has 1 aromatic carbocycles. The van der Waals surface area contributed by atoms with Crippen LogP contribution in [0.1, 0.15) is 6.42 Å². The molecule has 7 nitrogen and oxygen atoms in total. The van der Waals surface area contributed by atoms with Crippen molar-refractivity contribution in [2.75, 3.05) is 63.1 Å². The van der Waals surface area contributed by atoms with Gasteiger partial charge in [-0.15, -0.1) is 0 Å². The number of anilines is 1. The van der Waals surface area contributed by atoms with Gasteiger partial charge in [0.15, 0.2) is 0 Å². The van der Waals surface area contributed by atoms with E-state index >= 15 is 0 Å². The second-order valence-corrected chi connectivity index (χ2v) is 8.49. The van der Waals surface area contributed by atoms with Crippen LogP contribution in [-0.2, 0) is 19.6 Å². The maximum atomic E-state index is 13.9. The molecule has 0 aliphatic carbocycles. The second-order valence-electron chi connectivity index (χ2n) is 6.40. The minimum atomic E-state index is -3.43. The van der Waals surface area contributed by atoms with Gasteiger partial charge in [0.2, 0.25) is 15.9 Å². The average Bonchev–Trinajstić information content (AvgIpc) is 2.67. The number of rotatable bonds is 5. The molecule has 1 amide bonds. The zero-order valence-electron chi connectivity index (χ0n) is 14.6. The van der Waals surface area contributed by atoms with E-state index in [9.17, 15) is 17.6 Å². The molecule has 26 heavy (non-hydrogen) atoms. The molecule has 0 atom stereocenters. The summed E-state index contributed by atoms with van der Waals surface area (Å²) in [5.74, 6) is -0.627. The Kier molecular flexibility index (Phi) is 6.10. The second kappa shape index (κ2) is 8.32. The van der Waals surface area contributed by atoms with Gasteiger partial charge in [-0.2, -0.15) is 4.31 Å². The van der Waals surface area contributed by atoms with E-state index in [0.29, 0.717) is 58.2 Å². The predicted molar refractivity (Wildman–Crippen MR) is 96.0 cm³/mol. The van der Waals surface area contributed by atoms with Gasteiger partial charge >= 0.3 is 0 Å². The van der Waals surface area contributed by atoms with Crippen LogP contribution in [0.4, 0.5) is 10.1 Å². The van der Waals surface area contributed by atoms with Gasteiger partial charge in [-0.1, -0.05) is 12.1 Å². The molecule has 2 fully saturated rings. The predicted octanol–water partition coefficient (Wildman–Crippen LogP) is 0.526. The van der Waals surface area contributed by atoms with Gasteiger partial charge < -0.3 is 14.5 Å². The molecule has 2 aliphatic heterocycles. The molecule has 0 bridgehead atoms. The number of halogens is 1. The van der Waals surface area contributed by atoms with E-state index < -0.39 is 10.0 Å². The van der Waals surface area contributed by atoms with Crippen molar-refractivity contribution in [1.82, 2.24) is 9.21 Å². The third kappa shape index (κ3) is 4.52. The molecule has 144 valence electrons. The molecule has 0 radical (unpaired) electrons.